The summed E-state index contributed by atoms with van der Waals surface area (Å²) in [6.07, 6.45) is 0.417. The van der Waals surface area contributed by atoms with Crippen LogP contribution in [-0.4, -0.2) is 26.5 Å². The lowest BCUT2D eigenvalue weighted by Gasteiger charge is -2.11. The fourth-order valence-corrected chi connectivity index (χ4v) is 2.86. The average molecular weight is 501 g/mol. The molecule has 0 radical (unpaired) electrons. The molecule has 0 amide bonds. The zero-order valence-electron chi connectivity index (χ0n) is 14.2. The molecule has 0 unspecified atom stereocenters. The Hall–Kier alpha value is -2.19. The van der Waals surface area contributed by atoms with E-state index < -0.39 is 11.8 Å². The van der Waals surface area contributed by atoms with Crippen LogP contribution in [0.2, 0.25) is 0 Å². The molecule has 5 nitrogen and oxygen atoms in total. The van der Waals surface area contributed by atoms with E-state index in [1.165, 1.54) is 6.07 Å². The molecule has 0 saturated heterocycles. The molecule has 0 saturated carbocycles. The number of pyridine rings is 1. The number of phenolic OH excluding ortho intramolecular Hbond substituents is 1. The molecule has 0 aliphatic rings. The highest BCUT2D eigenvalue weighted by molar-refractivity contribution is 9.10. The predicted octanol–water partition coefficient (Wildman–Crippen LogP) is 4.50. The Labute approximate surface area is 171 Å². The molecule has 1 aromatic heterocycles. The van der Waals surface area contributed by atoms with Gasteiger partial charge < -0.3 is 15.2 Å². The van der Waals surface area contributed by atoms with Gasteiger partial charge in [-0.25, -0.2) is 4.39 Å². The SMILES string of the molecule is Cc1c(Cc2ccc(Br)cc2)c(=O)[nH]c2c(F)ccc(O)c12.O=C(O)CBr. The van der Waals surface area contributed by atoms with Crippen LogP contribution in [0.15, 0.2) is 45.7 Å². The number of halogens is 3. The van der Waals surface area contributed by atoms with Crippen LogP contribution in [0.1, 0.15) is 16.7 Å². The number of aromatic amines is 1. The Balaban J connectivity index is 0.000000465. The predicted molar refractivity (Wildman–Crippen MR) is 109 cm³/mol. The Morgan fingerprint density at radius 3 is 2.33 bits per heavy atom. The van der Waals surface area contributed by atoms with Crippen LogP contribution in [0.4, 0.5) is 4.39 Å². The van der Waals surface area contributed by atoms with Gasteiger partial charge >= 0.3 is 5.97 Å². The van der Waals surface area contributed by atoms with Gasteiger partial charge in [-0.2, -0.15) is 0 Å². The summed E-state index contributed by atoms with van der Waals surface area (Å²) in [6, 6.07) is 10.1. The van der Waals surface area contributed by atoms with Gasteiger partial charge in [-0.15, -0.1) is 0 Å². The number of aromatic hydroxyl groups is 1. The van der Waals surface area contributed by atoms with Crippen LogP contribution < -0.4 is 5.56 Å². The number of fused-ring (bicyclic) bond motifs is 1. The van der Waals surface area contributed by atoms with E-state index in [1.54, 1.807) is 6.92 Å². The number of rotatable bonds is 3. The maximum Gasteiger partial charge on any atom is 0.314 e. The first-order chi connectivity index (χ1) is 12.7. The lowest BCUT2D eigenvalue weighted by atomic mass is 9.98. The lowest BCUT2D eigenvalue weighted by Crippen LogP contribution is -2.16. The summed E-state index contributed by atoms with van der Waals surface area (Å²) in [6.45, 7) is 1.73. The average Bonchev–Trinajstić information content (AvgIpc) is 2.63. The number of benzene rings is 2. The Kier molecular flexibility index (Phi) is 7.15. The number of carboxylic acids is 1. The number of aliphatic carboxylic acids is 1. The van der Waals surface area contributed by atoms with Crippen LogP contribution >= 0.6 is 31.9 Å². The molecule has 0 atom stereocenters. The zero-order chi connectivity index (χ0) is 20.1. The minimum absolute atomic E-state index is 0.0347. The van der Waals surface area contributed by atoms with Crippen molar-refractivity contribution < 1.29 is 19.4 Å². The van der Waals surface area contributed by atoms with Gasteiger partial charge in [0.05, 0.1) is 5.52 Å². The number of carbonyl (C=O) groups is 1. The monoisotopic (exact) mass is 499 g/mol. The van der Waals surface area contributed by atoms with Crippen molar-refractivity contribution in [3.8, 4) is 5.75 Å². The largest absolute Gasteiger partial charge is 0.507 e. The fraction of sp³-hybridized carbons (Fsp3) is 0.158. The second-order valence-electron chi connectivity index (χ2n) is 5.70. The van der Waals surface area contributed by atoms with Crippen molar-refractivity contribution in [2.24, 2.45) is 0 Å². The van der Waals surface area contributed by atoms with Crippen LogP contribution in [0.3, 0.4) is 0 Å². The van der Waals surface area contributed by atoms with E-state index in [0.29, 0.717) is 22.9 Å². The van der Waals surface area contributed by atoms with Crippen molar-refractivity contribution in [2.45, 2.75) is 13.3 Å². The van der Waals surface area contributed by atoms with E-state index in [9.17, 15) is 19.1 Å². The van der Waals surface area contributed by atoms with Gasteiger partial charge in [0.25, 0.3) is 5.56 Å². The van der Waals surface area contributed by atoms with Crippen LogP contribution in [0.5, 0.6) is 5.75 Å². The van der Waals surface area contributed by atoms with Crippen molar-refractivity contribution >= 4 is 48.7 Å². The molecule has 0 aliphatic heterocycles. The summed E-state index contributed by atoms with van der Waals surface area (Å²) in [7, 11) is 0. The van der Waals surface area contributed by atoms with Crippen LogP contribution in [0, 0.1) is 12.7 Å². The Bertz CT molecular complexity index is 1030. The third-order valence-electron chi connectivity index (χ3n) is 3.88. The molecule has 1 heterocycles. The highest BCUT2D eigenvalue weighted by Gasteiger charge is 2.15. The van der Waals surface area contributed by atoms with Gasteiger partial charge in [0.1, 0.15) is 16.9 Å². The lowest BCUT2D eigenvalue weighted by molar-refractivity contribution is -0.133. The molecule has 0 fully saturated rings. The minimum Gasteiger partial charge on any atom is -0.507 e. The molecule has 0 bridgehead atoms. The number of hydrogen-bond donors (Lipinski definition) is 3. The highest BCUT2D eigenvalue weighted by Crippen LogP contribution is 2.29. The van der Waals surface area contributed by atoms with E-state index in [-0.39, 0.29) is 22.2 Å². The van der Waals surface area contributed by atoms with Crippen molar-refractivity contribution in [1.29, 1.82) is 0 Å². The Morgan fingerprint density at radius 2 is 1.78 bits per heavy atom. The highest BCUT2D eigenvalue weighted by atomic mass is 79.9. The van der Waals surface area contributed by atoms with E-state index in [2.05, 4.69) is 36.8 Å². The number of aromatic nitrogens is 1. The molecule has 3 N–H and O–H groups in total. The van der Waals surface area contributed by atoms with Gasteiger partial charge in [0.2, 0.25) is 0 Å². The smallest absolute Gasteiger partial charge is 0.314 e. The first-order valence-electron chi connectivity index (χ1n) is 7.79. The molecule has 0 aliphatic carbocycles. The van der Waals surface area contributed by atoms with E-state index in [4.69, 9.17) is 5.11 Å². The molecule has 3 rings (SSSR count). The molecule has 2 aromatic carbocycles. The van der Waals surface area contributed by atoms with E-state index in [0.717, 1.165) is 16.1 Å². The maximum atomic E-state index is 13.8. The van der Waals surface area contributed by atoms with Crippen molar-refractivity contribution in [3.05, 3.63) is 73.7 Å². The summed E-state index contributed by atoms with van der Waals surface area (Å²) in [5.41, 5.74) is 1.79. The summed E-state index contributed by atoms with van der Waals surface area (Å²) in [4.78, 5) is 24.1. The quantitative estimate of drug-likeness (QED) is 0.462. The molecular weight excluding hydrogens is 485 g/mol. The molecular formula is C19H16Br2FNO4. The molecule has 0 spiro atoms. The molecule has 3 aromatic rings. The standard InChI is InChI=1S/C17H13BrFNO2.C2H3BrO2/c1-9-12(8-10-2-4-11(18)5-3-10)17(22)20-16-13(19)6-7-14(21)15(9)16;3-1-2(4)5/h2-7,21H,8H2,1H3,(H,20,22);1H2,(H,4,5). The number of carboxylic acid groups (broad SMARTS) is 1. The topological polar surface area (TPSA) is 90.4 Å². The van der Waals surface area contributed by atoms with E-state index >= 15 is 0 Å². The third kappa shape index (κ3) is 5.17. The van der Waals surface area contributed by atoms with Crippen molar-refractivity contribution in [1.82, 2.24) is 4.98 Å². The van der Waals surface area contributed by atoms with Gasteiger partial charge in [-0.1, -0.05) is 44.0 Å². The van der Waals surface area contributed by atoms with Gasteiger partial charge in [0, 0.05) is 21.8 Å². The summed E-state index contributed by atoms with van der Waals surface area (Å²) in [5, 5.41) is 18.1. The molecule has 8 heteroatoms. The Morgan fingerprint density at radius 1 is 1.19 bits per heavy atom. The summed E-state index contributed by atoms with van der Waals surface area (Å²) in [5.74, 6) is -1.42. The van der Waals surface area contributed by atoms with Crippen LogP contribution in [0.25, 0.3) is 10.9 Å². The number of phenols is 1. The van der Waals surface area contributed by atoms with E-state index in [1.807, 2.05) is 24.3 Å². The number of hydrogen-bond acceptors (Lipinski definition) is 3. The van der Waals surface area contributed by atoms with Gasteiger partial charge in [-0.05, 0) is 42.3 Å². The maximum absolute atomic E-state index is 13.8. The molecule has 27 heavy (non-hydrogen) atoms. The zero-order valence-corrected chi connectivity index (χ0v) is 17.4. The number of alkyl halides is 1. The number of aryl methyl sites for hydroxylation is 1. The fourth-order valence-electron chi connectivity index (χ4n) is 2.60. The van der Waals surface area contributed by atoms with Gasteiger partial charge in [-0.3, -0.25) is 9.59 Å². The van der Waals surface area contributed by atoms with Crippen molar-refractivity contribution in [3.63, 3.8) is 0 Å². The summed E-state index contributed by atoms with van der Waals surface area (Å²) < 4.78 is 14.8. The second kappa shape index (κ2) is 9.14. The first-order valence-corrected chi connectivity index (χ1v) is 9.71. The van der Waals surface area contributed by atoms with Gasteiger partial charge in [0.15, 0.2) is 0 Å². The molecule has 142 valence electrons. The van der Waals surface area contributed by atoms with Crippen LogP contribution in [-0.2, 0) is 11.2 Å². The normalized spacial score (nSPS) is 10.4. The van der Waals surface area contributed by atoms with Crippen molar-refractivity contribution in [2.75, 3.05) is 5.33 Å². The summed E-state index contributed by atoms with van der Waals surface area (Å²) >= 11 is 6.08. The number of H-pyrrole nitrogens is 1. The second-order valence-corrected chi connectivity index (χ2v) is 7.18. The minimum atomic E-state index is -0.829. The third-order valence-corrected chi connectivity index (χ3v) is 4.89. The number of nitrogens with one attached hydrogen (secondary N) is 1. The first kappa shape index (κ1) is 21.1.